The van der Waals surface area contributed by atoms with Gasteiger partial charge in [0.15, 0.2) is 11.5 Å². The molecular weight excluding hydrogens is 210 g/mol. The van der Waals surface area contributed by atoms with Crippen LogP contribution in [0.1, 0.15) is 5.69 Å². The molecule has 3 aromatic rings. The van der Waals surface area contributed by atoms with Crippen LogP contribution in [0, 0.1) is 6.92 Å². The van der Waals surface area contributed by atoms with E-state index in [1.807, 2.05) is 55.6 Å². The van der Waals surface area contributed by atoms with Crippen molar-refractivity contribution in [3.63, 3.8) is 0 Å². The lowest BCUT2D eigenvalue weighted by molar-refractivity contribution is 1.15. The second kappa shape index (κ2) is 3.94. The van der Waals surface area contributed by atoms with Crippen LogP contribution in [0.2, 0.25) is 0 Å². The van der Waals surface area contributed by atoms with Gasteiger partial charge in [0, 0.05) is 22.8 Å². The van der Waals surface area contributed by atoms with Crippen LogP contribution in [0.3, 0.4) is 0 Å². The molecule has 3 rings (SSSR count). The van der Waals surface area contributed by atoms with Crippen LogP contribution in [0.25, 0.3) is 22.4 Å². The molecule has 0 aliphatic rings. The molecule has 0 N–H and O–H groups in total. The van der Waals surface area contributed by atoms with E-state index in [1.54, 1.807) is 0 Å². The predicted molar refractivity (Wildman–Crippen MR) is 67.5 cm³/mol. The number of aromatic nitrogens is 3. The van der Waals surface area contributed by atoms with Crippen LogP contribution in [0.4, 0.5) is 0 Å². The lowest BCUT2D eigenvalue weighted by atomic mass is 10.2. The molecule has 0 saturated carbocycles. The van der Waals surface area contributed by atoms with E-state index >= 15 is 0 Å². The van der Waals surface area contributed by atoms with Crippen LogP contribution in [-0.2, 0) is 0 Å². The quantitative estimate of drug-likeness (QED) is 0.634. The molecule has 0 radical (unpaired) electrons. The Morgan fingerprint density at radius 1 is 0.882 bits per heavy atom. The summed E-state index contributed by atoms with van der Waals surface area (Å²) >= 11 is 0. The third-order valence-electron chi connectivity index (χ3n) is 2.61. The standard InChI is InChI=1S/C14H11N3/c1-10-7-8-12-9-15-13(17-14(12)16-10)11-5-3-2-4-6-11/h2-9H,1H3. The van der Waals surface area contributed by atoms with E-state index in [4.69, 9.17) is 0 Å². The molecule has 1 aromatic carbocycles. The number of hydrogen-bond acceptors (Lipinski definition) is 3. The topological polar surface area (TPSA) is 38.7 Å². The second-order valence-electron chi connectivity index (χ2n) is 3.93. The summed E-state index contributed by atoms with van der Waals surface area (Å²) in [6, 6.07) is 13.9. The molecule has 2 aromatic heterocycles. The number of aryl methyl sites for hydroxylation is 1. The number of nitrogens with zero attached hydrogens (tertiary/aromatic N) is 3. The molecule has 2 heterocycles. The zero-order chi connectivity index (χ0) is 11.7. The Hall–Kier alpha value is -2.29. The number of hydrogen-bond donors (Lipinski definition) is 0. The highest BCUT2D eigenvalue weighted by molar-refractivity contribution is 5.75. The predicted octanol–water partition coefficient (Wildman–Crippen LogP) is 3.00. The van der Waals surface area contributed by atoms with Gasteiger partial charge >= 0.3 is 0 Å². The lowest BCUT2D eigenvalue weighted by Gasteiger charge is -2.02. The van der Waals surface area contributed by atoms with Gasteiger partial charge in [-0.2, -0.15) is 0 Å². The van der Waals surface area contributed by atoms with Crippen LogP contribution < -0.4 is 0 Å². The molecule has 0 amide bonds. The summed E-state index contributed by atoms with van der Waals surface area (Å²) in [6.07, 6.45) is 1.82. The van der Waals surface area contributed by atoms with Crippen LogP contribution >= 0.6 is 0 Å². The molecule has 0 bridgehead atoms. The van der Waals surface area contributed by atoms with Gasteiger partial charge in [-0.15, -0.1) is 0 Å². The summed E-state index contributed by atoms with van der Waals surface area (Å²) in [5.41, 5.74) is 2.73. The molecule has 82 valence electrons. The second-order valence-corrected chi connectivity index (χ2v) is 3.93. The zero-order valence-corrected chi connectivity index (χ0v) is 9.46. The molecular formula is C14H11N3. The van der Waals surface area contributed by atoms with Gasteiger partial charge in [0.05, 0.1) is 0 Å². The first kappa shape index (κ1) is 9.90. The minimum atomic E-state index is 0.719. The summed E-state index contributed by atoms with van der Waals surface area (Å²) < 4.78 is 0. The molecule has 0 unspecified atom stereocenters. The molecule has 0 fully saturated rings. The Labute approximate surface area is 99.2 Å². The van der Waals surface area contributed by atoms with Crippen molar-refractivity contribution in [3.8, 4) is 11.4 Å². The van der Waals surface area contributed by atoms with E-state index in [1.165, 1.54) is 0 Å². The summed E-state index contributed by atoms with van der Waals surface area (Å²) in [5.74, 6) is 0.719. The highest BCUT2D eigenvalue weighted by Gasteiger charge is 2.03. The van der Waals surface area contributed by atoms with Crippen molar-refractivity contribution in [2.24, 2.45) is 0 Å². The van der Waals surface area contributed by atoms with E-state index in [9.17, 15) is 0 Å². The third kappa shape index (κ3) is 1.87. The molecule has 0 atom stereocenters. The van der Waals surface area contributed by atoms with E-state index in [0.717, 1.165) is 28.1 Å². The van der Waals surface area contributed by atoms with Gasteiger partial charge in [-0.05, 0) is 19.1 Å². The Morgan fingerprint density at radius 3 is 2.53 bits per heavy atom. The smallest absolute Gasteiger partial charge is 0.163 e. The van der Waals surface area contributed by atoms with Crippen molar-refractivity contribution in [2.75, 3.05) is 0 Å². The monoisotopic (exact) mass is 221 g/mol. The van der Waals surface area contributed by atoms with Crippen molar-refractivity contribution in [1.29, 1.82) is 0 Å². The first-order valence-corrected chi connectivity index (χ1v) is 5.49. The molecule has 0 spiro atoms. The summed E-state index contributed by atoms with van der Waals surface area (Å²) in [7, 11) is 0. The van der Waals surface area contributed by atoms with E-state index in [0.29, 0.717) is 0 Å². The van der Waals surface area contributed by atoms with Gasteiger partial charge in [0.1, 0.15) is 0 Å². The van der Waals surface area contributed by atoms with Crippen molar-refractivity contribution < 1.29 is 0 Å². The van der Waals surface area contributed by atoms with Gasteiger partial charge in [-0.25, -0.2) is 15.0 Å². The van der Waals surface area contributed by atoms with Gasteiger partial charge in [0.2, 0.25) is 0 Å². The maximum Gasteiger partial charge on any atom is 0.163 e. The fourth-order valence-corrected chi connectivity index (χ4v) is 1.73. The molecule has 0 aliphatic carbocycles. The largest absolute Gasteiger partial charge is 0.236 e. The molecule has 3 heteroatoms. The van der Waals surface area contributed by atoms with E-state index < -0.39 is 0 Å². The first-order valence-electron chi connectivity index (χ1n) is 5.49. The fourth-order valence-electron chi connectivity index (χ4n) is 1.73. The molecule has 0 aliphatic heterocycles. The number of pyridine rings is 1. The van der Waals surface area contributed by atoms with Crippen LogP contribution in [0.5, 0.6) is 0 Å². The van der Waals surface area contributed by atoms with E-state index in [-0.39, 0.29) is 0 Å². The highest BCUT2D eigenvalue weighted by atomic mass is 14.9. The SMILES string of the molecule is Cc1ccc2cnc(-c3ccccc3)nc2n1. The van der Waals surface area contributed by atoms with Gasteiger partial charge in [0.25, 0.3) is 0 Å². The Morgan fingerprint density at radius 2 is 1.71 bits per heavy atom. The zero-order valence-electron chi connectivity index (χ0n) is 9.46. The average molecular weight is 221 g/mol. The summed E-state index contributed by atoms with van der Waals surface area (Å²) in [4.78, 5) is 13.3. The van der Waals surface area contributed by atoms with Gasteiger partial charge in [-0.3, -0.25) is 0 Å². The van der Waals surface area contributed by atoms with Crippen molar-refractivity contribution in [1.82, 2.24) is 15.0 Å². The Kier molecular flexibility index (Phi) is 2.29. The molecule has 0 saturated heterocycles. The molecule has 17 heavy (non-hydrogen) atoms. The summed E-state index contributed by atoms with van der Waals surface area (Å²) in [6.45, 7) is 1.96. The maximum atomic E-state index is 4.48. The lowest BCUT2D eigenvalue weighted by Crippen LogP contribution is -1.92. The number of benzene rings is 1. The first-order chi connectivity index (χ1) is 8.33. The Balaban J connectivity index is 2.19. The minimum absolute atomic E-state index is 0.719. The average Bonchev–Trinajstić information content (AvgIpc) is 2.39. The van der Waals surface area contributed by atoms with Crippen molar-refractivity contribution in [3.05, 3.63) is 54.4 Å². The van der Waals surface area contributed by atoms with E-state index in [2.05, 4.69) is 15.0 Å². The fraction of sp³-hybridized carbons (Fsp3) is 0.0714. The van der Waals surface area contributed by atoms with Gasteiger partial charge in [-0.1, -0.05) is 30.3 Å². The van der Waals surface area contributed by atoms with Crippen molar-refractivity contribution in [2.45, 2.75) is 6.92 Å². The highest BCUT2D eigenvalue weighted by Crippen LogP contribution is 2.16. The summed E-state index contributed by atoms with van der Waals surface area (Å²) in [5, 5.41) is 0.968. The normalized spacial score (nSPS) is 10.6. The number of fused-ring (bicyclic) bond motifs is 1. The van der Waals surface area contributed by atoms with Crippen LogP contribution in [0.15, 0.2) is 48.7 Å². The maximum absolute atomic E-state index is 4.48. The van der Waals surface area contributed by atoms with Crippen molar-refractivity contribution >= 4 is 11.0 Å². The van der Waals surface area contributed by atoms with Gasteiger partial charge < -0.3 is 0 Å². The molecule has 3 nitrogen and oxygen atoms in total. The van der Waals surface area contributed by atoms with Crippen LogP contribution in [-0.4, -0.2) is 15.0 Å². The third-order valence-corrected chi connectivity index (χ3v) is 2.61. The minimum Gasteiger partial charge on any atom is -0.236 e. The number of rotatable bonds is 1. The Bertz CT molecular complexity index is 663.